The molecule has 1 aromatic rings. The number of hydrogen-bond acceptors (Lipinski definition) is 3. The summed E-state index contributed by atoms with van der Waals surface area (Å²) >= 11 is 4.23. The minimum atomic E-state index is -0.754. The molecule has 0 heterocycles. The maximum Gasteiger partial charge on any atom is 0.448 e. The highest BCUT2D eigenvalue weighted by Crippen LogP contribution is 2.08. The van der Waals surface area contributed by atoms with Crippen LogP contribution in [0.15, 0.2) is 35.3 Å². The van der Waals surface area contributed by atoms with E-state index in [9.17, 15) is 4.79 Å². The van der Waals surface area contributed by atoms with Crippen molar-refractivity contribution < 1.29 is 9.53 Å². The van der Waals surface area contributed by atoms with E-state index in [0.29, 0.717) is 5.75 Å². The van der Waals surface area contributed by atoms with Gasteiger partial charge in [0.25, 0.3) is 0 Å². The number of rotatable bonds is 1. The number of thiocarbonyl (C=S) groups is 1. The number of nitrogens with zero attached hydrogens (tertiary/aromatic N) is 1. The zero-order valence-corrected chi connectivity index (χ0v) is 6.88. The molecule has 0 aromatic heterocycles. The van der Waals surface area contributed by atoms with Crippen LogP contribution in [0.25, 0.3) is 0 Å². The standard InChI is InChI=1S/C8H5NO2S/c10-8(9-6-12)11-7-4-2-1-3-5-7/h1-5H. The van der Waals surface area contributed by atoms with Gasteiger partial charge in [0.2, 0.25) is 0 Å². The minimum Gasteiger partial charge on any atom is -0.408 e. The Morgan fingerprint density at radius 3 is 2.67 bits per heavy atom. The molecule has 0 fully saturated rings. The zero-order valence-electron chi connectivity index (χ0n) is 6.06. The molecule has 1 amide bonds. The Bertz CT molecular complexity index is 317. The number of carbonyl (C=O) groups excluding carboxylic acids is 1. The fourth-order valence-corrected chi connectivity index (χ4v) is 0.724. The third-order valence-electron chi connectivity index (χ3n) is 1.09. The Balaban J connectivity index is 2.64. The molecular formula is C8H5NO2S. The van der Waals surface area contributed by atoms with Crippen molar-refractivity contribution in [2.45, 2.75) is 0 Å². The fraction of sp³-hybridized carbons (Fsp3) is 0. The van der Waals surface area contributed by atoms with Gasteiger partial charge < -0.3 is 4.74 Å². The first-order valence-corrected chi connectivity index (χ1v) is 3.58. The van der Waals surface area contributed by atoms with Crippen LogP contribution in [-0.4, -0.2) is 11.3 Å². The molecule has 0 radical (unpaired) electrons. The van der Waals surface area contributed by atoms with Gasteiger partial charge in [-0.2, -0.15) is 0 Å². The third-order valence-corrected chi connectivity index (χ3v) is 1.18. The third kappa shape index (κ3) is 2.62. The van der Waals surface area contributed by atoms with Gasteiger partial charge in [-0.3, -0.25) is 0 Å². The number of benzene rings is 1. The maximum absolute atomic E-state index is 10.7. The summed E-state index contributed by atoms with van der Waals surface area (Å²) in [6.07, 6.45) is -0.754. The molecule has 0 spiro atoms. The Labute approximate surface area is 74.7 Å². The summed E-state index contributed by atoms with van der Waals surface area (Å²) in [6.45, 7) is 0. The minimum absolute atomic E-state index is 0.441. The summed E-state index contributed by atoms with van der Waals surface area (Å²) < 4.78 is 4.72. The normalized spacial score (nSPS) is 8.33. The van der Waals surface area contributed by atoms with E-state index in [2.05, 4.69) is 17.2 Å². The molecule has 0 saturated carbocycles. The molecule has 0 N–H and O–H groups in total. The SMILES string of the molecule is O=C(N=C=S)Oc1ccccc1. The van der Waals surface area contributed by atoms with Gasteiger partial charge in [0.1, 0.15) is 5.75 Å². The van der Waals surface area contributed by atoms with Gasteiger partial charge in [-0.05, 0) is 24.4 Å². The largest absolute Gasteiger partial charge is 0.448 e. The van der Waals surface area contributed by atoms with E-state index in [1.807, 2.05) is 11.2 Å². The second-order valence-corrected chi connectivity index (χ2v) is 2.07. The molecule has 0 atom stereocenters. The van der Waals surface area contributed by atoms with Crippen molar-refractivity contribution >= 4 is 23.5 Å². The highest BCUT2D eigenvalue weighted by molar-refractivity contribution is 7.78. The van der Waals surface area contributed by atoms with Crippen molar-refractivity contribution in [1.82, 2.24) is 0 Å². The van der Waals surface area contributed by atoms with Gasteiger partial charge in [-0.15, -0.1) is 4.99 Å². The van der Waals surface area contributed by atoms with E-state index in [4.69, 9.17) is 4.74 Å². The molecule has 0 aliphatic carbocycles. The molecule has 0 aliphatic heterocycles. The van der Waals surface area contributed by atoms with E-state index in [1.54, 1.807) is 24.3 Å². The number of para-hydroxylation sites is 1. The van der Waals surface area contributed by atoms with Crippen molar-refractivity contribution in [3.8, 4) is 5.75 Å². The molecule has 3 nitrogen and oxygen atoms in total. The first-order chi connectivity index (χ1) is 5.83. The molecule has 0 saturated heterocycles. The summed E-state index contributed by atoms with van der Waals surface area (Å²) in [7, 11) is 0. The van der Waals surface area contributed by atoms with Gasteiger partial charge in [0.05, 0.1) is 5.16 Å². The van der Waals surface area contributed by atoms with E-state index < -0.39 is 6.09 Å². The lowest BCUT2D eigenvalue weighted by molar-refractivity contribution is 0.211. The summed E-state index contributed by atoms with van der Waals surface area (Å²) in [4.78, 5) is 13.8. The highest BCUT2D eigenvalue weighted by Gasteiger charge is 1.98. The number of ether oxygens (including phenoxy) is 1. The molecule has 4 heteroatoms. The first kappa shape index (κ1) is 8.59. The second-order valence-electron chi connectivity index (χ2n) is 1.88. The number of aliphatic imine (C=N–C) groups is 1. The van der Waals surface area contributed by atoms with Crippen LogP contribution in [0, 0.1) is 0 Å². The quantitative estimate of drug-likeness (QED) is 0.490. The maximum atomic E-state index is 10.7. The van der Waals surface area contributed by atoms with Crippen molar-refractivity contribution in [1.29, 1.82) is 0 Å². The van der Waals surface area contributed by atoms with Crippen LogP contribution in [-0.2, 0) is 0 Å². The lowest BCUT2D eigenvalue weighted by Gasteiger charge is -1.96. The highest BCUT2D eigenvalue weighted by atomic mass is 32.1. The lowest BCUT2D eigenvalue weighted by atomic mass is 10.3. The molecule has 0 bridgehead atoms. The monoisotopic (exact) mass is 179 g/mol. The van der Waals surface area contributed by atoms with Crippen LogP contribution in [0.2, 0.25) is 0 Å². The average molecular weight is 179 g/mol. The smallest absolute Gasteiger partial charge is 0.408 e. The van der Waals surface area contributed by atoms with Crippen LogP contribution in [0.4, 0.5) is 4.79 Å². The van der Waals surface area contributed by atoms with Gasteiger partial charge in [-0.1, -0.05) is 18.2 Å². The Hall–Kier alpha value is -1.51. The van der Waals surface area contributed by atoms with Crippen LogP contribution < -0.4 is 4.74 Å². The number of hydrogen-bond donors (Lipinski definition) is 0. The zero-order chi connectivity index (χ0) is 8.81. The lowest BCUT2D eigenvalue weighted by Crippen LogP contribution is -2.00. The van der Waals surface area contributed by atoms with Crippen molar-refractivity contribution in [2.24, 2.45) is 4.99 Å². The van der Waals surface area contributed by atoms with Crippen LogP contribution in [0.3, 0.4) is 0 Å². The molecule has 0 unspecified atom stereocenters. The topological polar surface area (TPSA) is 38.7 Å². The molecule has 12 heavy (non-hydrogen) atoms. The number of amides is 1. The van der Waals surface area contributed by atoms with E-state index in [1.165, 1.54) is 0 Å². The fourth-order valence-electron chi connectivity index (χ4n) is 0.649. The summed E-state index contributed by atoms with van der Waals surface area (Å²) in [5.74, 6) is 0.441. The Morgan fingerprint density at radius 1 is 1.42 bits per heavy atom. The Kier molecular flexibility index (Phi) is 3.14. The molecule has 1 rings (SSSR count). The van der Waals surface area contributed by atoms with Gasteiger partial charge in [0.15, 0.2) is 0 Å². The molecule has 60 valence electrons. The van der Waals surface area contributed by atoms with Crippen LogP contribution in [0.1, 0.15) is 0 Å². The summed E-state index contributed by atoms with van der Waals surface area (Å²) in [5.41, 5.74) is 0. The van der Waals surface area contributed by atoms with Crippen molar-refractivity contribution in [3.63, 3.8) is 0 Å². The molecule has 1 aromatic carbocycles. The number of carbonyl (C=O) groups is 1. The van der Waals surface area contributed by atoms with Gasteiger partial charge >= 0.3 is 6.09 Å². The van der Waals surface area contributed by atoms with Crippen LogP contribution >= 0.6 is 12.2 Å². The predicted molar refractivity (Wildman–Crippen MR) is 47.5 cm³/mol. The summed E-state index contributed by atoms with van der Waals surface area (Å²) in [6, 6.07) is 8.63. The first-order valence-electron chi connectivity index (χ1n) is 3.17. The second kappa shape index (κ2) is 4.38. The summed E-state index contributed by atoms with van der Waals surface area (Å²) in [5, 5.41) is 1.92. The van der Waals surface area contributed by atoms with Gasteiger partial charge in [0, 0.05) is 0 Å². The van der Waals surface area contributed by atoms with Crippen LogP contribution in [0.5, 0.6) is 5.75 Å². The predicted octanol–water partition coefficient (Wildman–Crippen LogP) is 2.29. The molecule has 0 aliphatic rings. The van der Waals surface area contributed by atoms with E-state index in [0.717, 1.165) is 0 Å². The molecular weight excluding hydrogens is 174 g/mol. The van der Waals surface area contributed by atoms with E-state index >= 15 is 0 Å². The van der Waals surface area contributed by atoms with Crippen molar-refractivity contribution in [3.05, 3.63) is 30.3 Å². The van der Waals surface area contributed by atoms with Gasteiger partial charge in [-0.25, -0.2) is 4.79 Å². The Morgan fingerprint density at radius 2 is 2.08 bits per heavy atom. The average Bonchev–Trinajstić information content (AvgIpc) is 2.06. The van der Waals surface area contributed by atoms with Crippen molar-refractivity contribution in [2.75, 3.05) is 0 Å². The number of isothiocyanates is 1. The van der Waals surface area contributed by atoms with E-state index in [-0.39, 0.29) is 0 Å².